The van der Waals surface area contributed by atoms with Crippen LogP contribution in [0.15, 0.2) is 11.4 Å². The smallest absolute Gasteiger partial charge is 0.133 e. The summed E-state index contributed by atoms with van der Waals surface area (Å²) in [4.78, 5) is 8.65. The molecule has 0 bridgehead atoms. The maximum atomic E-state index is 5.37. The van der Waals surface area contributed by atoms with Gasteiger partial charge in [0.15, 0.2) is 0 Å². The molecule has 1 aromatic rings. The lowest BCUT2D eigenvalue weighted by Gasteiger charge is -2.21. The Morgan fingerprint density at radius 2 is 2.18 bits per heavy atom. The number of nitrogens with zero attached hydrogens (tertiary/aromatic N) is 2. The predicted octanol–water partition coefficient (Wildman–Crippen LogP) is 2.49. The molecule has 1 aromatic heterocycles. The van der Waals surface area contributed by atoms with Crippen LogP contribution in [0.25, 0.3) is 0 Å². The van der Waals surface area contributed by atoms with Crippen molar-refractivity contribution in [2.45, 2.75) is 37.0 Å². The van der Waals surface area contributed by atoms with Crippen molar-refractivity contribution in [2.24, 2.45) is 0 Å². The van der Waals surface area contributed by atoms with E-state index in [1.807, 2.05) is 11.8 Å². The second kappa shape index (κ2) is 6.21. The topological polar surface area (TPSA) is 47.0 Å². The fourth-order valence-electron chi connectivity index (χ4n) is 1.85. The van der Waals surface area contributed by atoms with Crippen molar-refractivity contribution < 1.29 is 4.74 Å². The van der Waals surface area contributed by atoms with Crippen molar-refractivity contribution in [3.63, 3.8) is 0 Å². The van der Waals surface area contributed by atoms with Gasteiger partial charge in [-0.1, -0.05) is 0 Å². The average molecular weight is 253 g/mol. The second-order valence-electron chi connectivity index (χ2n) is 4.11. The van der Waals surface area contributed by atoms with Gasteiger partial charge in [0.05, 0.1) is 0 Å². The Hall–Kier alpha value is -0.810. The molecule has 4 nitrogen and oxygen atoms in total. The lowest BCUT2D eigenvalue weighted by atomic mass is 10.2. The molecule has 1 aliphatic rings. The van der Waals surface area contributed by atoms with Crippen LogP contribution in [0.1, 0.15) is 25.3 Å². The highest BCUT2D eigenvalue weighted by molar-refractivity contribution is 7.99. The number of ether oxygens (including phenoxy) is 1. The largest absolute Gasteiger partial charge is 0.381 e. The molecular formula is C12H19N3OS. The molecule has 0 atom stereocenters. The van der Waals surface area contributed by atoms with Crippen LogP contribution < -0.4 is 5.32 Å². The average Bonchev–Trinajstić information content (AvgIpc) is 2.36. The van der Waals surface area contributed by atoms with Gasteiger partial charge in [0.2, 0.25) is 0 Å². The number of nitrogens with one attached hydrogen (secondary N) is 1. The standard InChI is InChI=1S/C12H19N3OS/c1-3-13-11-9(2)12(15-8-14-11)17-10-4-6-16-7-5-10/h8,10H,3-7H2,1-2H3,(H,13,14,15). The highest BCUT2D eigenvalue weighted by Gasteiger charge is 2.17. The van der Waals surface area contributed by atoms with E-state index in [1.54, 1.807) is 6.33 Å². The monoisotopic (exact) mass is 253 g/mol. The van der Waals surface area contributed by atoms with Gasteiger partial charge in [-0.2, -0.15) is 0 Å². The van der Waals surface area contributed by atoms with Crippen LogP contribution >= 0.6 is 11.8 Å². The van der Waals surface area contributed by atoms with Crippen LogP contribution in [-0.2, 0) is 4.74 Å². The van der Waals surface area contributed by atoms with Crippen molar-refractivity contribution >= 4 is 17.6 Å². The molecule has 1 saturated heterocycles. The van der Waals surface area contributed by atoms with Crippen molar-refractivity contribution in [3.05, 3.63) is 11.9 Å². The van der Waals surface area contributed by atoms with Gasteiger partial charge < -0.3 is 10.1 Å². The van der Waals surface area contributed by atoms with Gasteiger partial charge in [0.25, 0.3) is 0 Å². The van der Waals surface area contributed by atoms with Gasteiger partial charge in [-0.25, -0.2) is 9.97 Å². The third-order valence-corrected chi connectivity index (χ3v) is 4.27. The van der Waals surface area contributed by atoms with Gasteiger partial charge in [-0.3, -0.25) is 0 Å². The molecule has 94 valence electrons. The van der Waals surface area contributed by atoms with E-state index in [0.29, 0.717) is 5.25 Å². The summed E-state index contributed by atoms with van der Waals surface area (Å²) in [5, 5.41) is 5.00. The first-order valence-electron chi connectivity index (χ1n) is 6.11. The Kier molecular flexibility index (Phi) is 4.62. The van der Waals surface area contributed by atoms with Crippen molar-refractivity contribution in [2.75, 3.05) is 25.1 Å². The van der Waals surface area contributed by atoms with Gasteiger partial charge in [0, 0.05) is 30.6 Å². The molecule has 1 aliphatic heterocycles. The van der Waals surface area contributed by atoms with E-state index in [0.717, 1.165) is 49.0 Å². The summed E-state index contributed by atoms with van der Waals surface area (Å²) in [6, 6.07) is 0. The summed E-state index contributed by atoms with van der Waals surface area (Å²) in [6.07, 6.45) is 3.88. The van der Waals surface area contributed by atoms with E-state index in [4.69, 9.17) is 4.74 Å². The SMILES string of the molecule is CCNc1ncnc(SC2CCOCC2)c1C. The molecule has 1 N–H and O–H groups in total. The summed E-state index contributed by atoms with van der Waals surface area (Å²) in [5.41, 5.74) is 1.16. The quantitative estimate of drug-likeness (QED) is 0.835. The molecule has 0 saturated carbocycles. The first-order chi connectivity index (χ1) is 8.31. The number of aromatic nitrogens is 2. The normalized spacial score (nSPS) is 17.1. The number of anilines is 1. The third-order valence-electron chi connectivity index (χ3n) is 2.83. The van der Waals surface area contributed by atoms with Crippen LogP contribution in [0.4, 0.5) is 5.82 Å². The van der Waals surface area contributed by atoms with E-state index in [9.17, 15) is 0 Å². The lowest BCUT2D eigenvalue weighted by Crippen LogP contribution is -2.17. The Balaban J connectivity index is 2.06. The molecule has 0 spiro atoms. The lowest BCUT2D eigenvalue weighted by molar-refractivity contribution is 0.1000. The molecule has 0 aromatic carbocycles. The fraction of sp³-hybridized carbons (Fsp3) is 0.667. The van der Waals surface area contributed by atoms with Gasteiger partial charge in [-0.15, -0.1) is 11.8 Å². The van der Waals surface area contributed by atoms with E-state index in [-0.39, 0.29) is 0 Å². The first-order valence-corrected chi connectivity index (χ1v) is 6.99. The molecular weight excluding hydrogens is 234 g/mol. The molecule has 2 rings (SSSR count). The summed E-state index contributed by atoms with van der Waals surface area (Å²) in [5.74, 6) is 0.956. The van der Waals surface area contributed by atoms with Gasteiger partial charge in [-0.05, 0) is 26.7 Å². The van der Waals surface area contributed by atoms with E-state index < -0.39 is 0 Å². The Labute approximate surface area is 107 Å². The highest BCUT2D eigenvalue weighted by atomic mass is 32.2. The van der Waals surface area contributed by atoms with Crippen LogP contribution in [0.3, 0.4) is 0 Å². The molecule has 0 unspecified atom stereocenters. The maximum absolute atomic E-state index is 5.37. The predicted molar refractivity (Wildman–Crippen MR) is 70.6 cm³/mol. The van der Waals surface area contributed by atoms with Crippen LogP contribution in [0, 0.1) is 6.92 Å². The van der Waals surface area contributed by atoms with Crippen LogP contribution in [0.5, 0.6) is 0 Å². The zero-order chi connectivity index (χ0) is 12.1. The molecule has 0 radical (unpaired) electrons. The highest BCUT2D eigenvalue weighted by Crippen LogP contribution is 2.31. The van der Waals surface area contributed by atoms with E-state index in [1.165, 1.54) is 0 Å². The number of hydrogen-bond donors (Lipinski definition) is 1. The third kappa shape index (κ3) is 3.33. The molecule has 2 heterocycles. The Morgan fingerprint density at radius 3 is 2.88 bits per heavy atom. The Bertz CT molecular complexity index is 367. The number of thioether (sulfide) groups is 1. The fourth-order valence-corrected chi connectivity index (χ4v) is 2.98. The summed E-state index contributed by atoms with van der Waals surface area (Å²) < 4.78 is 5.37. The molecule has 1 fully saturated rings. The number of rotatable bonds is 4. The summed E-state index contributed by atoms with van der Waals surface area (Å²) >= 11 is 1.86. The molecule has 0 aliphatic carbocycles. The first kappa shape index (κ1) is 12.6. The molecule has 5 heteroatoms. The summed E-state index contributed by atoms with van der Waals surface area (Å²) in [7, 11) is 0. The van der Waals surface area contributed by atoms with Crippen LogP contribution in [-0.4, -0.2) is 35.0 Å². The maximum Gasteiger partial charge on any atom is 0.133 e. The second-order valence-corrected chi connectivity index (χ2v) is 5.40. The van der Waals surface area contributed by atoms with Crippen molar-refractivity contribution in [3.8, 4) is 0 Å². The van der Waals surface area contributed by atoms with E-state index in [2.05, 4.69) is 29.1 Å². The van der Waals surface area contributed by atoms with Gasteiger partial charge >= 0.3 is 0 Å². The molecule has 17 heavy (non-hydrogen) atoms. The molecule has 0 amide bonds. The van der Waals surface area contributed by atoms with Gasteiger partial charge in [0.1, 0.15) is 17.2 Å². The minimum absolute atomic E-state index is 0.631. The minimum atomic E-state index is 0.631. The zero-order valence-corrected chi connectivity index (χ0v) is 11.2. The minimum Gasteiger partial charge on any atom is -0.381 e. The summed E-state index contributed by atoms with van der Waals surface area (Å²) in [6.45, 7) is 6.80. The number of hydrogen-bond acceptors (Lipinski definition) is 5. The van der Waals surface area contributed by atoms with Crippen molar-refractivity contribution in [1.82, 2.24) is 9.97 Å². The zero-order valence-electron chi connectivity index (χ0n) is 10.4. The Morgan fingerprint density at radius 1 is 1.41 bits per heavy atom. The van der Waals surface area contributed by atoms with Crippen molar-refractivity contribution in [1.29, 1.82) is 0 Å². The van der Waals surface area contributed by atoms with Crippen LogP contribution in [0.2, 0.25) is 0 Å². The van der Waals surface area contributed by atoms with E-state index >= 15 is 0 Å².